The Bertz CT molecular complexity index is 736. The van der Waals surface area contributed by atoms with Gasteiger partial charge in [-0.2, -0.15) is 5.10 Å². The lowest BCUT2D eigenvalue weighted by Gasteiger charge is -2.37. The second-order valence-electron chi connectivity index (χ2n) is 7.61. The number of amides is 1. The van der Waals surface area contributed by atoms with Crippen molar-refractivity contribution in [3.63, 3.8) is 0 Å². The number of hydrogen-bond acceptors (Lipinski definition) is 3. The highest BCUT2D eigenvalue weighted by Gasteiger charge is 2.31. The summed E-state index contributed by atoms with van der Waals surface area (Å²) >= 11 is 0. The van der Waals surface area contributed by atoms with Crippen LogP contribution in [0.15, 0.2) is 36.7 Å². The van der Waals surface area contributed by atoms with Crippen LogP contribution >= 0.6 is 0 Å². The summed E-state index contributed by atoms with van der Waals surface area (Å²) in [5, 5.41) is 14.6. The largest absolute Gasteiger partial charge is 0.383 e. The standard InChI is InChI=1S/C21H29N3O2/c1-15(2)17-7-9-18(10-8-17)19-6-4-5-11-24(19)21(26)20(25)12-16-13-22-23(3)14-16/h7-10,13-15,19-20,25H,4-6,11-12H2,1-3H3. The monoisotopic (exact) mass is 355 g/mol. The summed E-state index contributed by atoms with van der Waals surface area (Å²) in [6, 6.07) is 8.64. The molecule has 0 radical (unpaired) electrons. The molecule has 1 aromatic heterocycles. The number of aryl methyl sites for hydroxylation is 1. The quantitative estimate of drug-likeness (QED) is 0.896. The normalized spacial score (nSPS) is 19.0. The predicted molar refractivity (Wildman–Crippen MR) is 102 cm³/mol. The minimum atomic E-state index is -1.02. The maximum atomic E-state index is 12.9. The van der Waals surface area contributed by atoms with Crippen LogP contribution in [0.1, 0.15) is 61.8 Å². The van der Waals surface area contributed by atoms with Gasteiger partial charge in [-0.05, 0) is 41.9 Å². The number of nitrogens with zero attached hydrogens (tertiary/aromatic N) is 3. The minimum Gasteiger partial charge on any atom is -0.383 e. The van der Waals surface area contributed by atoms with E-state index in [1.54, 1.807) is 10.9 Å². The average molecular weight is 355 g/mol. The minimum absolute atomic E-state index is 0.0565. The summed E-state index contributed by atoms with van der Waals surface area (Å²) in [5.41, 5.74) is 3.35. The first kappa shape index (κ1) is 18.6. The summed E-state index contributed by atoms with van der Waals surface area (Å²) in [5.74, 6) is 0.320. The second kappa shape index (κ2) is 8.04. The molecular weight excluding hydrogens is 326 g/mol. The lowest BCUT2D eigenvalue weighted by Crippen LogP contribution is -2.44. The van der Waals surface area contributed by atoms with Crippen LogP contribution in [0.5, 0.6) is 0 Å². The van der Waals surface area contributed by atoms with E-state index < -0.39 is 6.10 Å². The summed E-state index contributed by atoms with van der Waals surface area (Å²) in [6.45, 7) is 5.07. The van der Waals surface area contributed by atoms with Gasteiger partial charge in [0.2, 0.25) is 0 Å². The number of aromatic nitrogens is 2. The molecule has 2 heterocycles. The smallest absolute Gasteiger partial charge is 0.252 e. The van der Waals surface area contributed by atoms with Crippen molar-refractivity contribution in [3.05, 3.63) is 53.3 Å². The highest BCUT2D eigenvalue weighted by atomic mass is 16.3. The maximum absolute atomic E-state index is 12.9. The second-order valence-corrected chi connectivity index (χ2v) is 7.61. The van der Waals surface area contributed by atoms with Crippen LogP contribution in [-0.4, -0.2) is 38.3 Å². The van der Waals surface area contributed by atoms with E-state index in [0.29, 0.717) is 18.9 Å². The number of rotatable bonds is 5. The molecule has 1 aliphatic heterocycles. The van der Waals surface area contributed by atoms with E-state index in [1.165, 1.54) is 5.56 Å². The molecule has 26 heavy (non-hydrogen) atoms. The fraction of sp³-hybridized carbons (Fsp3) is 0.524. The van der Waals surface area contributed by atoms with Crippen LogP contribution < -0.4 is 0 Å². The lowest BCUT2D eigenvalue weighted by molar-refractivity contribution is -0.144. The molecule has 1 aromatic carbocycles. The molecule has 1 N–H and O–H groups in total. The zero-order chi connectivity index (χ0) is 18.7. The number of carbonyl (C=O) groups is 1. The first-order valence-electron chi connectivity index (χ1n) is 9.51. The number of aliphatic hydroxyl groups is 1. The molecular formula is C21H29N3O2. The van der Waals surface area contributed by atoms with E-state index in [9.17, 15) is 9.90 Å². The average Bonchev–Trinajstić information content (AvgIpc) is 3.06. The third-order valence-electron chi connectivity index (χ3n) is 5.25. The zero-order valence-electron chi connectivity index (χ0n) is 15.9. The Morgan fingerprint density at radius 2 is 2.00 bits per heavy atom. The molecule has 1 fully saturated rings. The number of likely N-dealkylation sites (tertiary alicyclic amines) is 1. The van der Waals surface area contributed by atoms with Gasteiger partial charge in [0.05, 0.1) is 12.2 Å². The van der Waals surface area contributed by atoms with Gasteiger partial charge >= 0.3 is 0 Å². The Labute approximate surface area is 155 Å². The molecule has 2 aromatic rings. The Hall–Kier alpha value is -2.14. The van der Waals surface area contributed by atoms with E-state index in [1.807, 2.05) is 18.1 Å². The SMILES string of the molecule is CC(C)c1ccc(C2CCCCN2C(=O)C(O)Cc2cnn(C)c2)cc1. The van der Waals surface area contributed by atoms with Crippen molar-refractivity contribution >= 4 is 5.91 Å². The van der Waals surface area contributed by atoms with Gasteiger partial charge < -0.3 is 10.0 Å². The van der Waals surface area contributed by atoms with Crippen molar-refractivity contribution in [3.8, 4) is 0 Å². The molecule has 3 rings (SSSR count). The van der Waals surface area contributed by atoms with Crippen LogP contribution in [0.25, 0.3) is 0 Å². The highest BCUT2D eigenvalue weighted by Crippen LogP contribution is 2.32. The number of hydrogen-bond donors (Lipinski definition) is 1. The number of aliphatic hydroxyl groups excluding tert-OH is 1. The third-order valence-corrected chi connectivity index (χ3v) is 5.25. The van der Waals surface area contributed by atoms with Crippen LogP contribution in [0.3, 0.4) is 0 Å². The van der Waals surface area contributed by atoms with Crippen molar-refractivity contribution in [2.75, 3.05) is 6.54 Å². The predicted octanol–water partition coefficient (Wildman–Crippen LogP) is 3.20. The molecule has 0 saturated carbocycles. The van der Waals surface area contributed by atoms with Gasteiger partial charge in [0.1, 0.15) is 6.10 Å². The fourth-order valence-electron chi connectivity index (χ4n) is 3.72. The van der Waals surface area contributed by atoms with E-state index in [2.05, 4.69) is 43.2 Å². The Morgan fingerprint density at radius 3 is 2.62 bits per heavy atom. The van der Waals surface area contributed by atoms with Gasteiger partial charge in [0, 0.05) is 26.2 Å². The summed E-state index contributed by atoms with van der Waals surface area (Å²) in [7, 11) is 1.83. The van der Waals surface area contributed by atoms with E-state index >= 15 is 0 Å². The van der Waals surface area contributed by atoms with Gasteiger partial charge in [0.15, 0.2) is 0 Å². The first-order chi connectivity index (χ1) is 12.5. The topological polar surface area (TPSA) is 58.4 Å². The van der Waals surface area contributed by atoms with Crippen LogP contribution in [0.4, 0.5) is 0 Å². The molecule has 140 valence electrons. The van der Waals surface area contributed by atoms with E-state index in [0.717, 1.165) is 30.4 Å². The summed E-state index contributed by atoms with van der Waals surface area (Å²) in [6.07, 6.45) is 5.89. The molecule has 5 nitrogen and oxygen atoms in total. The molecule has 1 amide bonds. The lowest BCUT2D eigenvalue weighted by atomic mass is 9.92. The van der Waals surface area contributed by atoms with Crippen molar-refractivity contribution in [1.29, 1.82) is 0 Å². The maximum Gasteiger partial charge on any atom is 0.252 e. The first-order valence-corrected chi connectivity index (χ1v) is 9.51. The van der Waals surface area contributed by atoms with Gasteiger partial charge in [-0.3, -0.25) is 9.48 Å². The number of carbonyl (C=O) groups excluding carboxylic acids is 1. The van der Waals surface area contributed by atoms with Gasteiger partial charge in [0.25, 0.3) is 5.91 Å². The fourth-order valence-corrected chi connectivity index (χ4v) is 3.72. The van der Waals surface area contributed by atoms with Gasteiger partial charge in [-0.15, -0.1) is 0 Å². The van der Waals surface area contributed by atoms with Crippen LogP contribution in [-0.2, 0) is 18.3 Å². The number of benzene rings is 1. The Balaban J connectivity index is 1.74. The van der Waals surface area contributed by atoms with E-state index in [-0.39, 0.29) is 11.9 Å². The van der Waals surface area contributed by atoms with Crippen molar-refractivity contribution in [1.82, 2.24) is 14.7 Å². The molecule has 0 bridgehead atoms. The Kier molecular flexibility index (Phi) is 5.77. The highest BCUT2D eigenvalue weighted by molar-refractivity contribution is 5.81. The molecule has 2 unspecified atom stereocenters. The number of piperidine rings is 1. The van der Waals surface area contributed by atoms with Crippen LogP contribution in [0.2, 0.25) is 0 Å². The van der Waals surface area contributed by atoms with Gasteiger partial charge in [-0.25, -0.2) is 0 Å². The molecule has 1 saturated heterocycles. The van der Waals surface area contributed by atoms with Crippen LogP contribution in [0, 0.1) is 0 Å². The molecule has 0 spiro atoms. The molecule has 1 aliphatic rings. The van der Waals surface area contributed by atoms with Crippen molar-refractivity contribution < 1.29 is 9.90 Å². The molecule has 2 atom stereocenters. The zero-order valence-corrected chi connectivity index (χ0v) is 15.9. The van der Waals surface area contributed by atoms with Crippen molar-refractivity contribution in [2.45, 2.75) is 57.6 Å². The van der Waals surface area contributed by atoms with E-state index in [4.69, 9.17) is 0 Å². The summed E-state index contributed by atoms with van der Waals surface area (Å²) < 4.78 is 1.69. The summed E-state index contributed by atoms with van der Waals surface area (Å²) in [4.78, 5) is 14.8. The molecule has 0 aliphatic carbocycles. The van der Waals surface area contributed by atoms with Gasteiger partial charge in [-0.1, -0.05) is 38.1 Å². The molecule has 5 heteroatoms. The third kappa shape index (κ3) is 4.15. The Morgan fingerprint density at radius 1 is 1.27 bits per heavy atom. The van der Waals surface area contributed by atoms with Crippen molar-refractivity contribution in [2.24, 2.45) is 7.05 Å².